The van der Waals surface area contributed by atoms with Crippen molar-refractivity contribution in [2.75, 3.05) is 20.7 Å². The van der Waals surface area contributed by atoms with Crippen molar-refractivity contribution in [3.8, 4) is 0 Å². The number of carbonyl (C=O) groups excluding carboxylic acids is 1. The number of rotatable bonds is 5. The van der Waals surface area contributed by atoms with Crippen LogP contribution in [-0.4, -0.2) is 36.6 Å². The van der Waals surface area contributed by atoms with E-state index < -0.39 is 0 Å². The smallest absolute Gasteiger partial charge is 0.307 e. The fraction of sp³-hybridized carbons (Fsp3) is 0.500. The molecule has 0 amide bonds. The van der Waals surface area contributed by atoms with Crippen LogP contribution in [0.5, 0.6) is 0 Å². The van der Waals surface area contributed by atoms with Crippen LogP contribution in [0.25, 0.3) is 0 Å². The Morgan fingerprint density at radius 1 is 1.50 bits per heavy atom. The number of nitrogens with zero attached hydrogens (tertiary/aromatic N) is 2. The van der Waals surface area contributed by atoms with Gasteiger partial charge in [0.1, 0.15) is 0 Å². The second kappa shape index (κ2) is 7.21. The molecule has 0 aliphatic heterocycles. The second-order valence-electron chi connectivity index (χ2n) is 4.01. The largest absolute Gasteiger partial charge is 0.466 e. The molecule has 0 saturated heterocycles. The van der Waals surface area contributed by atoms with Crippen LogP contribution in [0.2, 0.25) is 0 Å². The Hall–Kier alpha value is -0.460. The van der Waals surface area contributed by atoms with Crippen molar-refractivity contribution in [3.63, 3.8) is 0 Å². The maximum absolute atomic E-state index is 11.6. The second-order valence-corrected chi connectivity index (χ2v) is 5.78. The summed E-state index contributed by atoms with van der Waals surface area (Å²) in [5, 5.41) is 0. The van der Waals surface area contributed by atoms with E-state index in [0.717, 1.165) is 14.6 Å². The van der Waals surface area contributed by atoms with Gasteiger partial charge in [-0.25, -0.2) is 0 Å². The zero-order valence-electron chi connectivity index (χ0n) is 10.6. The lowest BCUT2D eigenvalue weighted by Gasteiger charge is -2.23. The topological polar surface area (TPSA) is 42.4 Å². The van der Waals surface area contributed by atoms with Gasteiger partial charge in [0, 0.05) is 15.1 Å². The average molecular weight is 380 g/mol. The zero-order chi connectivity index (χ0) is 13.7. The van der Waals surface area contributed by atoms with Gasteiger partial charge in [0.05, 0.1) is 24.8 Å². The van der Waals surface area contributed by atoms with Crippen molar-refractivity contribution in [1.29, 1.82) is 0 Å². The number of pyridine rings is 1. The van der Waals surface area contributed by atoms with E-state index in [-0.39, 0.29) is 18.4 Å². The summed E-state index contributed by atoms with van der Waals surface area (Å²) in [4.78, 5) is 17.9. The number of aromatic nitrogens is 1. The molecule has 0 aromatic carbocycles. The van der Waals surface area contributed by atoms with Crippen molar-refractivity contribution in [2.24, 2.45) is 0 Å². The molecule has 4 nitrogen and oxygen atoms in total. The van der Waals surface area contributed by atoms with Crippen molar-refractivity contribution in [3.05, 3.63) is 26.9 Å². The molecule has 18 heavy (non-hydrogen) atoms. The monoisotopic (exact) mass is 378 g/mol. The SMILES string of the molecule is CCOC(=O)CC(c1ncc(Br)cc1Br)N(C)C. The van der Waals surface area contributed by atoms with Gasteiger partial charge in [0.2, 0.25) is 0 Å². The number of ether oxygens (including phenoxy) is 1. The molecule has 0 spiro atoms. The maximum atomic E-state index is 11.6. The Balaban J connectivity index is 2.94. The van der Waals surface area contributed by atoms with Crippen LogP contribution in [0, 0.1) is 0 Å². The Morgan fingerprint density at radius 2 is 2.17 bits per heavy atom. The highest BCUT2D eigenvalue weighted by molar-refractivity contribution is 9.11. The minimum absolute atomic E-state index is 0.105. The van der Waals surface area contributed by atoms with Crippen LogP contribution in [-0.2, 0) is 9.53 Å². The highest BCUT2D eigenvalue weighted by Crippen LogP contribution is 2.29. The third kappa shape index (κ3) is 4.33. The molecule has 0 saturated carbocycles. The van der Waals surface area contributed by atoms with Crippen molar-refractivity contribution in [1.82, 2.24) is 9.88 Å². The lowest BCUT2D eigenvalue weighted by Crippen LogP contribution is -2.25. The zero-order valence-corrected chi connectivity index (χ0v) is 13.8. The van der Waals surface area contributed by atoms with E-state index in [0.29, 0.717) is 6.61 Å². The molecule has 1 aromatic heterocycles. The molecule has 1 rings (SSSR count). The van der Waals surface area contributed by atoms with Crippen molar-refractivity contribution >= 4 is 37.8 Å². The summed E-state index contributed by atoms with van der Waals surface area (Å²) in [6.45, 7) is 2.20. The van der Waals surface area contributed by atoms with Crippen molar-refractivity contribution in [2.45, 2.75) is 19.4 Å². The van der Waals surface area contributed by atoms with E-state index in [1.54, 1.807) is 13.1 Å². The number of hydrogen-bond acceptors (Lipinski definition) is 4. The summed E-state index contributed by atoms with van der Waals surface area (Å²) in [5.74, 6) is -0.215. The minimum Gasteiger partial charge on any atom is -0.466 e. The molecule has 0 bridgehead atoms. The minimum atomic E-state index is -0.215. The van der Waals surface area contributed by atoms with Gasteiger partial charge < -0.3 is 9.64 Å². The Morgan fingerprint density at radius 3 is 2.67 bits per heavy atom. The molecular weight excluding hydrogens is 364 g/mol. The first-order valence-corrected chi connectivity index (χ1v) is 7.17. The molecule has 6 heteroatoms. The molecule has 1 unspecified atom stereocenters. The summed E-state index contributed by atoms with van der Waals surface area (Å²) < 4.78 is 6.76. The van der Waals surface area contributed by atoms with Gasteiger partial charge in [-0.05, 0) is 58.9 Å². The fourth-order valence-electron chi connectivity index (χ4n) is 1.57. The summed E-state index contributed by atoms with van der Waals surface area (Å²) in [6, 6.07) is 1.82. The van der Waals surface area contributed by atoms with Crippen LogP contribution in [0.1, 0.15) is 25.1 Å². The average Bonchev–Trinajstić information content (AvgIpc) is 2.27. The first-order chi connectivity index (χ1) is 8.45. The molecule has 0 aliphatic rings. The summed E-state index contributed by atoms with van der Waals surface area (Å²) in [5.41, 5.74) is 0.830. The lowest BCUT2D eigenvalue weighted by molar-refractivity contribution is -0.144. The number of hydrogen-bond donors (Lipinski definition) is 0. The Labute approximate surface area is 124 Å². The predicted octanol–water partition coefficient (Wildman–Crippen LogP) is 3.16. The van der Waals surface area contributed by atoms with Gasteiger partial charge in [-0.3, -0.25) is 9.78 Å². The number of carbonyl (C=O) groups is 1. The third-order valence-electron chi connectivity index (χ3n) is 2.44. The van der Waals surface area contributed by atoms with E-state index >= 15 is 0 Å². The third-order valence-corrected chi connectivity index (χ3v) is 3.51. The quantitative estimate of drug-likeness (QED) is 0.737. The van der Waals surface area contributed by atoms with Gasteiger partial charge in [0.15, 0.2) is 0 Å². The lowest BCUT2D eigenvalue weighted by atomic mass is 10.1. The van der Waals surface area contributed by atoms with E-state index in [1.807, 2.05) is 25.1 Å². The van der Waals surface area contributed by atoms with Gasteiger partial charge >= 0.3 is 5.97 Å². The van der Waals surface area contributed by atoms with Crippen LogP contribution in [0.4, 0.5) is 0 Å². The summed E-state index contributed by atoms with van der Waals surface area (Å²) in [6.07, 6.45) is 2.01. The van der Waals surface area contributed by atoms with E-state index in [4.69, 9.17) is 4.74 Å². The highest BCUT2D eigenvalue weighted by Gasteiger charge is 2.22. The molecular formula is C12H16Br2N2O2. The van der Waals surface area contributed by atoms with Crippen LogP contribution in [0.15, 0.2) is 21.2 Å². The van der Waals surface area contributed by atoms with E-state index in [2.05, 4.69) is 36.8 Å². The molecule has 1 heterocycles. The first-order valence-electron chi connectivity index (χ1n) is 5.58. The van der Waals surface area contributed by atoms with E-state index in [1.165, 1.54) is 0 Å². The van der Waals surface area contributed by atoms with Crippen LogP contribution < -0.4 is 0 Å². The maximum Gasteiger partial charge on any atom is 0.307 e. The van der Waals surface area contributed by atoms with Gasteiger partial charge in [-0.1, -0.05) is 0 Å². The van der Waals surface area contributed by atoms with Gasteiger partial charge in [-0.15, -0.1) is 0 Å². The number of esters is 1. The van der Waals surface area contributed by atoms with Crippen molar-refractivity contribution < 1.29 is 9.53 Å². The standard InChI is InChI=1S/C12H16Br2N2O2/c1-4-18-11(17)6-10(16(2)3)12-9(14)5-8(13)7-15-12/h5,7,10H,4,6H2,1-3H3. The molecule has 100 valence electrons. The molecule has 0 fully saturated rings. The Bertz CT molecular complexity index is 425. The molecule has 0 radical (unpaired) electrons. The van der Waals surface area contributed by atoms with Gasteiger partial charge in [0.25, 0.3) is 0 Å². The summed E-state index contributed by atoms with van der Waals surface area (Å²) >= 11 is 6.83. The normalized spacial score (nSPS) is 12.6. The van der Waals surface area contributed by atoms with Crippen LogP contribution >= 0.6 is 31.9 Å². The van der Waals surface area contributed by atoms with E-state index in [9.17, 15) is 4.79 Å². The van der Waals surface area contributed by atoms with Gasteiger partial charge in [-0.2, -0.15) is 0 Å². The predicted molar refractivity (Wildman–Crippen MR) is 77.3 cm³/mol. The molecule has 1 aromatic rings. The first kappa shape index (κ1) is 15.6. The fourth-order valence-corrected chi connectivity index (χ4v) is 2.82. The molecule has 1 atom stereocenters. The molecule has 0 N–H and O–H groups in total. The van der Waals surface area contributed by atoms with Crippen LogP contribution in [0.3, 0.4) is 0 Å². The summed E-state index contributed by atoms with van der Waals surface area (Å²) in [7, 11) is 3.83. The highest BCUT2D eigenvalue weighted by atomic mass is 79.9. The number of halogens is 2. The molecule has 0 aliphatic carbocycles. The Kier molecular flexibility index (Phi) is 6.25.